The summed E-state index contributed by atoms with van der Waals surface area (Å²) >= 11 is 0. The Morgan fingerprint density at radius 1 is 1.19 bits per heavy atom. The minimum Gasteiger partial charge on any atom is -0.494 e. The van der Waals surface area contributed by atoms with Gasteiger partial charge in [-0.2, -0.15) is 0 Å². The Balaban J connectivity index is 1.81. The summed E-state index contributed by atoms with van der Waals surface area (Å²) in [4.78, 5) is 33.8. The number of nitrogens with zero attached hydrogens (tertiary/aromatic N) is 1. The Hall–Kier alpha value is -3.42. The van der Waals surface area contributed by atoms with Gasteiger partial charge in [0.05, 0.1) is 22.7 Å². The van der Waals surface area contributed by atoms with Crippen LogP contribution in [0.15, 0.2) is 42.5 Å². The van der Waals surface area contributed by atoms with Gasteiger partial charge in [0, 0.05) is 18.2 Å². The lowest BCUT2D eigenvalue weighted by Gasteiger charge is -2.09. The molecule has 0 spiro atoms. The Morgan fingerprint density at radius 3 is 2.50 bits per heavy atom. The summed E-state index contributed by atoms with van der Waals surface area (Å²) < 4.78 is 5.52. The van der Waals surface area contributed by atoms with E-state index in [1.807, 2.05) is 0 Å². The number of hydrogen-bond donors (Lipinski definition) is 2. The maximum Gasteiger partial charge on any atom is 0.272 e. The topological polar surface area (TPSA) is 125 Å². The molecule has 0 saturated heterocycles. The molecule has 0 unspecified atom stereocenters. The third kappa shape index (κ3) is 4.79. The number of carbonyl (C=O) groups excluding carboxylic acids is 2. The Kier molecular flexibility index (Phi) is 6.26. The van der Waals surface area contributed by atoms with Crippen LogP contribution in [0.1, 0.15) is 32.7 Å². The predicted octanol–water partition coefficient (Wildman–Crippen LogP) is 2.20. The second-order valence-electron chi connectivity index (χ2n) is 5.57. The minimum absolute atomic E-state index is 0.0396. The number of carbonyl (C=O) groups is 2. The van der Waals surface area contributed by atoms with Crippen LogP contribution in [-0.4, -0.2) is 29.9 Å². The van der Waals surface area contributed by atoms with Crippen molar-refractivity contribution in [1.29, 1.82) is 0 Å². The summed E-state index contributed by atoms with van der Waals surface area (Å²) in [5, 5.41) is 13.5. The number of hydrogen-bond acceptors (Lipinski definition) is 5. The largest absolute Gasteiger partial charge is 0.494 e. The second-order valence-corrected chi connectivity index (χ2v) is 5.57. The number of primary amides is 1. The maximum atomic E-state index is 12.1. The predicted molar refractivity (Wildman–Crippen MR) is 95.2 cm³/mol. The van der Waals surface area contributed by atoms with Crippen LogP contribution in [0.25, 0.3) is 0 Å². The molecule has 2 aromatic rings. The van der Waals surface area contributed by atoms with E-state index in [1.54, 1.807) is 25.1 Å². The molecular weight excluding hydrogens is 338 g/mol. The van der Waals surface area contributed by atoms with Crippen LogP contribution in [0.2, 0.25) is 0 Å². The van der Waals surface area contributed by atoms with E-state index in [0.717, 1.165) is 0 Å². The highest BCUT2D eigenvalue weighted by Crippen LogP contribution is 2.23. The molecule has 3 N–H and O–H groups in total. The number of nitro groups is 1. The molecule has 2 amide bonds. The zero-order valence-electron chi connectivity index (χ0n) is 14.2. The quantitative estimate of drug-likeness (QED) is 0.426. The van der Waals surface area contributed by atoms with Crippen LogP contribution in [0, 0.1) is 17.0 Å². The van der Waals surface area contributed by atoms with Crippen LogP contribution < -0.4 is 15.8 Å². The molecule has 0 aliphatic rings. The summed E-state index contributed by atoms with van der Waals surface area (Å²) in [5.74, 6) is -0.517. The van der Waals surface area contributed by atoms with E-state index < -0.39 is 10.8 Å². The van der Waals surface area contributed by atoms with Crippen LogP contribution in [0.3, 0.4) is 0 Å². The molecule has 0 aromatic heterocycles. The zero-order chi connectivity index (χ0) is 19.1. The Morgan fingerprint density at radius 2 is 1.88 bits per heavy atom. The van der Waals surface area contributed by atoms with Gasteiger partial charge in [-0.25, -0.2) is 0 Å². The monoisotopic (exact) mass is 357 g/mol. The van der Waals surface area contributed by atoms with Crippen LogP contribution >= 0.6 is 0 Å². The average molecular weight is 357 g/mol. The molecule has 0 saturated carbocycles. The molecule has 136 valence electrons. The average Bonchev–Trinajstić information content (AvgIpc) is 2.61. The van der Waals surface area contributed by atoms with Crippen LogP contribution in [0.4, 0.5) is 5.69 Å². The number of nitrogens with one attached hydrogen (secondary N) is 1. The molecular formula is C18H19N3O5. The van der Waals surface area contributed by atoms with Gasteiger partial charge in [-0.1, -0.05) is 12.1 Å². The SMILES string of the molecule is Cc1cc(OCCCNC(=O)c2ccccc2C(N)=O)ccc1[N+](=O)[O-]. The van der Waals surface area contributed by atoms with E-state index in [1.165, 1.54) is 24.3 Å². The first-order chi connectivity index (χ1) is 12.4. The number of aryl methyl sites for hydroxylation is 1. The summed E-state index contributed by atoms with van der Waals surface area (Å²) in [7, 11) is 0. The van der Waals surface area contributed by atoms with E-state index in [9.17, 15) is 19.7 Å². The van der Waals surface area contributed by atoms with Crippen LogP contribution in [-0.2, 0) is 0 Å². The molecule has 2 rings (SSSR count). The number of ether oxygens (including phenoxy) is 1. The lowest BCUT2D eigenvalue weighted by molar-refractivity contribution is -0.385. The van der Waals surface area contributed by atoms with E-state index in [2.05, 4.69) is 5.32 Å². The van der Waals surface area contributed by atoms with E-state index >= 15 is 0 Å². The highest BCUT2D eigenvalue weighted by atomic mass is 16.6. The summed E-state index contributed by atoms with van der Waals surface area (Å²) in [6.45, 7) is 2.31. The number of amides is 2. The molecule has 0 heterocycles. The van der Waals surface area contributed by atoms with Crippen molar-refractivity contribution in [3.05, 3.63) is 69.3 Å². The third-order valence-corrected chi connectivity index (χ3v) is 3.68. The third-order valence-electron chi connectivity index (χ3n) is 3.68. The van der Waals surface area contributed by atoms with Crippen molar-refractivity contribution in [3.63, 3.8) is 0 Å². The van der Waals surface area contributed by atoms with Gasteiger partial charge in [0.2, 0.25) is 5.91 Å². The van der Waals surface area contributed by atoms with Crippen molar-refractivity contribution < 1.29 is 19.2 Å². The highest BCUT2D eigenvalue weighted by Gasteiger charge is 2.14. The van der Waals surface area contributed by atoms with Gasteiger partial charge in [-0.15, -0.1) is 0 Å². The molecule has 0 aliphatic heterocycles. The molecule has 0 aliphatic carbocycles. The normalized spacial score (nSPS) is 10.2. The molecule has 26 heavy (non-hydrogen) atoms. The molecule has 0 atom stereocenters. The molecule has 0 fully saturated rings. The first kappa shape index (κ1) is 18.9. The summed E-state index contributed by atoms with van der Waals surface area (Å²) in [5.41, 5.74) is 6.21. The minimum atomic E-state index is -0.660. The van der Waals surface area contributed by atoms with Gasteiger partial charge in [0.25, 0.3) is 11.6 Å². The van der Waals surface area contributed by atoms with E-state index in [0.29, 0.717) is 30.9 Å². The van der Waals surface area contributed by atoms with Crippen molar-refractivity contribution in [2.75, 3.05) is 13.2 Å². The van der Waals surface area contributed by atoms with Gasteiger partial charge >= 0.3 is 0 Å². The van der Waals surface area contributed by atoms with Crippen LogP contribution in [0.5, 0.6) is 5.75 Å². The maximum absolute atomic E-state index is 12.1. The molecule has 2 aromatic carbocycles. The fourth-order valence-electron chi connectivity index (χ4n) is 2.38. The number of nitrogens with two attached hydrogens (primary N) is 1. The second kappa shape index (κ2) is 8.61. The zero-order valence-corrected chi connectivity index (χ0v) is 14.2. The number of rotatable bonds is 8. The number of benzene rings is 2. The lowest BCUT2D eigenvalue weighted by atomic mass is 10.1. The standard InChI is InChI=1S/C18H19N3O5/c1-12-11-13(7-8-16(12)21(24)25)26-10-4-9-20-18(23)15-6-3-2-5-14(15)17(19)22/h2-3,5-8,11H,4,9-10H2,1H3,(H2,19,22)(H,20,23). The molecule has 0 radical (unpaired) electrons. The Bertz CT molecular complexity index is 835. The van der Waals surface area contributed by atoms with Crippen molar-refractivity contribution in [3.8, 4) is 5.75 Å². The van der Waals surface area contributed by atoms with Gasteiger partial charge in [0.15, 0.2) is 0 Å². The summed E-state index contributed by atoms with van der Waals surface area (Å²) in [6, 6.07) is 10.8. The van der Waals surface area contributed by atoms with Crippen molar-refractivity contribution in [2.24, 2.45) is 5.73 Å². The van der Waals surface area contributed by atoms with E-state index in [-0.39, 0.29) is 22.7 Å². The molecule has 8 heteroatoms. The van der Waals surface area contributed by atoms with Crippen molar-refractivity contribution >= 4 is 17.5 Å². The van der Waals surface area contributed by atoms with Gasteiger partial charge in [-0.3, -0.25) is 19.7 Å². The van der Waals surface area contributed by atoms with Crippen molar-refractivity contribution in [2.45, 2.75) is 13.3 Å². The fourth-order valence-corrected chi connectivity index (χ4v) is 2.38. The first-order valence-electron chi connectivity index (χ1n) is 7.95. The van der Waals surface area contributed by atoms with Gasteiger partial charge < -0.3 is 15.8 Å². The highest BCUT2D eigenvalue weighted by molar-refractivity contribution is 6.06. The smallest absolute Gasteiger partial charge is 0.272 e. The van der Waals surface area contributed by atoms with Gasteiger partial charge in [0.1, 0.15) is 5.75 Å². The lowest BCUT2D eigenvalue weighted by Crippen LogP contribution is -2.28. The van der Waals surface area contributed by atoms with Crippen molar-refractivity contribution in [1.82, 2.24) is 5.32 Å². The first-order valence-corrected chi connectivity index (χ1v) is 7.95. The Labute approximate surface area is 150 Å². The van der Waals surface area contributed by atoms with Gasteiger partial charge in [-0.05, 0) is 37.6 Å². The van der Waals surface area contributed by atoms with E-state index in [4.69, 9.17) is 10.5 Å². The fraction of sp³-hybridized carbons (Fsp3) is 0.222. The summed E-state index contributed by atoms with van der Waals surface area (Å²) in [6.07, 6.45) is 0.528. The number of nitro benzene ring substituents is 1. The molecule has 0 bridgehead atoms. The molecule has 8 nitrogen and oxygen atoms in total.